The molecule has 1 atom stereocenters. The fourth-order valence-electron chi connectivity index (χ4n) is 4.14. The van der Waals surface area contributed by atoms with Gasteiger partial charge in [0.2, 0.25) is 5.91 Å². The van der Waals surface area contributed by atoms with Gasteiger partial charge in [-0.3, -0.25) is 9.59 Å². The van der Waals surface area contributed by atoms with Crippen molar-refractivity contribution in [1.29, 1.82) is 0 Å². The summed E-state index contributed by atoms with van der Waals surface area (Å²) in [5.74, 6) is 0.522. The SMILES string of the molecule is CN(Cc1nc2ccccc2s1)C(=O)CN1CC(C(=O)N2CCOCC2)Oc2ccccc21. The van der Waals surface area contributed by atoms with Gasteiger partial charge in [0.15, 0.2) is 6.10 Å². The molecular formula is C24H26N4O4S. The second-order valence-corrected chi connectivity index (χ2v) is 9.33. The Balaban J connectivity index is 1.29. The normalized spacial score (nSPS) is 18.0. The van der Waals surface area contributed by atoms with Gasteiger partial charge in [0.1, 0.15) is 10.8 Å². The van der Waals surface area contributed by atoms with Crippen molar-refractivity contribution in [3.63, 3.8) is 0 Å². The van der Waals surface area contributed by atoms with Crippen LogP contribution in [-0.4, -0.2) is 79.1 Å². The van der Waals surface area contributed by atoms with E-state index in [1.807, 2.05) is 53.4 Å². The van der Waals surface area contributed by atoms with Crippen molar-refractivity contribution in [3.05, 3.63) is 53.5 Å². The van der Waals surface area contributed by atoms with Crippen LogP contribution in [0.25, 0.3) is 10.2 Å². The molecule has 2 amide bonds. The average molecular weight is 467 g/mol. The van der Waals surface area contributed by atoms with Crippen molar-refractivity contribution < 1.29 is 19.1 Å². The van der Waals surface area contributed by atoms with Crippen LogP contribution in [0.2, 0.25) is 0 Å². The second kappa shape index (κ2) is 9.36. The van der Waals surface area contributed by atoms with Crippen molar-refractivity contribution in [2.24, 2.45) is 0 Å². The summed E-state index contributed by atoms with van der Waals surface area (Å²) in [7, 11) is 1.79. The summed E-state index contributed by atoms with van der Waals surface area (Å²) in [5, 5.41) is 0.898. The predicted octanol–water partition coefficient (Wildman–Crippen LogP) is 2.38. The number of aromatic nitrogens is 1. The Morgan fingerprint density at radius 1 is 1.12 bits per heavy atom. The van der Waals surface area contributed by atoms with Crippen LogP contribution in [0.15, 0.2) is 48.5 Å². The highest BCUT2D eigenvalue weighted by molar-refractivity contribution is 7.18. The third-order valence-electron chi connectivity index (χ3n) is 5.92. The van der Waals surface area contributed by atoms with Gasteiger partial charge in [0, 0.05) is 20.1 Å². The molecule has 5 rings (SSSR count). The Morgan fingerprint density at radius 3 is 2.70 bits per heavy atom. The van der Waals surface area contributed by atoms with Crippen molar-refractivity contribution in [1.82, 2.24) is 14.8 Å². The first-order valence-corrected chi connectivity index (χ1v) is 11.9. The monoisotopic (exact) mass is 466 g/mol. The highest BCUT2D eigenvalue weighted by atomic mass is 32.1. The topological polar surface area (TPSA) is 75.2 Å². The Hall–Kier alpha value is -3.17. The van der Waals surface area contributed by atoms with Crippen molar-refractivity contribution in [2.75, 3.05) is 51.3 Å². The first-order chi connectivity index (χ1) is 16.1. The summed E-state index contributed by atoms with van der Waals surface area (Å²) < 4.78 is 12.5. The molecule has 3 aromatic rings. The van der Waals surface area contributed by atoms with E-state index < -0.39 is 6.10 Å². The maximum atomic E-state index is 13.1. The van der Waals surface area contributed by atoms with Gasteiger partial charge in [0.25, 0.3) is 5.91 Å². The number of hydrogen-bond donors (Lipinski definition) is 0. The summed E-state index contributed by atoms with van der Waals surface area (Å²) in [6, 6.07) is 15.5. The number of benzene rings is 2. The lowest BCUT2D eigenvalue weighted by molar-refractivity contribution is -0.143. The van der Waals surface area contributed by atoms with E-state index >= 15 is 0 Å². The van der Waals surface area contributed by atoms with Crippen molar-refractivity contribution >= 4 is 39.1 Å². The number of fused-ring (bicyclic) bond motifs is 2. The molecule has 0 spiro atoms. The second-order valence-electron chi connectivity index (χ2n) is 8.22. The Morgan fingerprint density at radius 2 is 1.88 bits per heavy atom. The van der Waals surface area contributed by atoms with Crippen LogP contribution in [0.5, 0.6) is 5.75 Å². The molecule has 0 saturated carbocycles. The molecule has 1 unspecified atom stereocenters. The quantitative estimate of drug-likeness (QED) is 0.575. The molecule has 0 aliphatic carbocycles. The molecule has 9 heteroatoms. The number of amides is 2. The first kappa shape index (κ1) is 21.7. The molecule has 2 aliphatic heterocycles. The number of para-hydroxylation sites is 3. The van der Waals surface area contributed by atoms with Gasteiger partial charge >= 0.3 is 0 Å². The van der Waals surface area contributed by atoms with Gasteiger partial charge in [0.05, 0.1) is 48.8 Å². The van der Waals surface area contributed by atoms with E-state index in [2.05, 4.69) is 4.98 Å². The van der Waals surface area contributed by atoms with Gasteiger partial charge in [-0.05, 0) is 24.3 Å². The number of carbonyl (C=O) groups is 2. The number of ether oxygens (including phenoxy) is 2. The van der Waals surface area contributed by atoms with Crippen molar-refractivity contribution in [3.8, 4) is 5.75 Å². The van der Waals surface area contributed by atoms with Gasteiger partial charge in [-0.1, -0.05) is 24.3 Å². The molecule has 1 saturated heterocycles. The molecule has 3 heterocycles. The lowest BCUT2D eigenvalue weighted by atomic mass is 10.1. The Kier molecular flexibility index (Phi) is 6.15. The summed E-state index contributed by atoms with van der Waals surface area (Å²) >= 11 is 1.60. The van der Waals surface area contributed by atoms with Crippen LogP contribution in [0.1, 0.15) is 5.01 Å². The molecular weight excluding hydrogens is 440 g/mol. The number of thiazole rings is 1. The molecule has 2 aromatic carbocycles. The zero-order chi connectivity index (χ0) is 22.8. The molecule has 8 nitrogen and oxygen atoms in total. The maximum Gasteiger partial charge on any atom is 0.265 e. The van der Waals surface area contributed by atoms with E-state index in [-0.39, 0.29) is 18.4 Å². The summed E-state index contributed by atoms with van der Waals surface area (Å²) in [6.45, 7) is 3.12. The predicted molar refractivity (Wildman–Crippen MR) is 127 cm³/mol. The van der Waals surface area contributed by atoms with Crippen LogP contribution in [0, 0.1) is 0 Å². The largest absolute Gasteiger partial charge is 0.477 e. The van der Waals surface area contributed by atoms with E-state index in [1.54, 1.807) is 28.2 Å². The van der Waals surface area contributed by atoms with Crippen LogP contribution >= 0.6 is 11.3 Å². The lowest BCUT2D eigenvalue weighted by Crippen LogP contribution is -2.54. The van der Waals surface area contributed by atoms with Gasteiger partial charge in [-0.15, -0.1) is 11.3 Å². The van der Waals surface area contributed by atoms with Crippen LogP contribution in [0.3, 0.4) is 0 Å². The third kappa shape index (κ3) is 4.65. The van der Waals surface area contributed by atoms with E-state index in [4.69, 9.17) is 9.47 Å². The Labute approximate surface area is 196 Å². The minimum Gasteiger partial charge on any atom is -0.477 e. The highest BCUT2D eigenvalue weighted by Gasteiger charge is 2.35. The Bertz CT molecular complexity index is 1130. The van der Waals surface area contributed by atoms with Crippen LogP contribution < -0.4 is 9.64 Å². The smallest absolute Gasteiger partial charge is 0.265 e. The van der Waals surface area contributed by atoms with Crippen LogP contribution in [0.4, 0.5) is 5.69 Å². The standard InChI is InChI=1S/C24H26N4O4S/c1-26(15-22-25-17-6-2-5-9-21(17)33-22)23(29)16-28-14-20(24(30)27-10-12-31-13-11-27)32-19-8-4-3-7-18(19)28/h2-9,20H,10-16H2,1H3. The number of anilines is 1. The fourth-order valence-corrected chi connectivity index (χ4v) is 5.16. The highest BCUT2D eigenvalue weighted by Crippen LogP contribution is 2.33. The summed E-state index contributed by atoms with van der Waals surface area (Å²) in [5.41, 5.74) is 1.77. The number of nitrogens with zero attached hydrogens (tertiary/aromatic N) is 4. The van der Waals surface area contributed by atoms with Crippen molar-refractivity contribution in [2.45, 2.75) is 12.6 Å². The molecule has 0 N–H and O–H groups in total. The minimum atomic E-state index is -0.652. The van der Waals surface area contributed by atoms with Gasteiger partial charge in [-0.25, -0.2) is 4.98 Å². The van der Waals surface area contributed by atoms with Gasteiger partial charge < -0.3 is 24.2 Å². The first-order valence-electron chi connectivity index (χ1n) is 11.0. The molecule has 0 radical (unpaired) electrons. The molecule has 0 bridgehead atoms. The third-order valence-corrected chi connectivity index (χ3v) is 6.94. The zero-order valence-corrected chi connectivity index (χ0v) is 19.3. The number of likely N-dealkylation sites (N-methyl/N-ethyl adjacent to an activating group) is 1. The fraction of sp³-hybridized carbons (Fsp3) is 0.375. The van der Waals surface area contributed by atoms with Crippen LogP contribution in [-0.2, 0) is 20.9 Å². The van der Waals surface area contributed by atoms with E-state index in [9.17, 15) is 9.59 Å². The number of rotatable bonds is 5. The lowest BCUT2D eigenvalue weighted by Gasteiger charge is -2.38. The van der Waals surface area contributed by atoms with E-state index in [1.165, 1.54) is 0 Å². The maximum absolute atomic E-state index is 13.1. The number of morpholine rings is 1. The molecule has 1 fully saturated rings. The molecule has 2 aliphatic rings. The average Bonchev–Trinajstić information content (AvgIpc) is 3.26. The zero-order valence-electron chi connectivity index (χ0n) is 18.5. The minimum absolute atomic E-state index is 0.0384. The number of carbonyl (C=O) groups excluding carboxylic acids is 2. The number of hydrogen-bond acceptors (Lipinski definition) is 7. The van der Waals surface area contributed by atoms with E-state index in [0.29, 0.717) is 45.1 Å². The van der Waals surface area contributed by atoms with Gasteiger partial charge in [-0.2, -0.15) is 0 Å². The molecule has 33 heavy (non-hydrogen) atoms. The summed E-state index contributed by atoms with van der Waals surface area (Å²) in [6.07, 6.45) is -0.652. The molecule has 1 aromatic heterocycles. The summed E-state index contributed by atoms with van der Waals surface area (Å²) in [4.78, 5) is 36.2. The van der Waals surface area contributed by atoms with E-state index in [0.717, 1.165) is 20.9 Å². The molecule has 172 valence electrons.